The van der Waals surface area contributed by atoms with E-state index in [-0.39, 0.29) is 18.3 Å². The topological polar surface area (TPSA) is 65.1 Å². The molecular weight excluding hydrogens is 464 g/mol. The lowest BCUT2D eigenvalue weighted by Gasteiger charge is -2.44. The molecule has 8 heteroatoms. The van der Waals surface area contributed by atoms with Crippen LogP contribution >= 0.6 is 12.4 Å². The van der Waals surface area contributed by atoms with Crippen LogP contribution in [-0.4, -0.2) is 67.7 Å². The van der Waals surface area contributed by atoms with Crippen LogP contribution in [0.1, 0.15) is 36.8 Å². The van der Waals surface area contributed by atoms with Crippen molar-refractivity contribution in [3.05, 3.63) is 53.6 Å². The van der Waals surface area contributed by atoms with Crippen molar-refractivity contribution < 1.29 is 14.3 Å². The molecule has 2 fully saturated rings. The number of piperazine rings is 1. The Morgan fingerprint density at radius 1 is 1.00 bits per heavy atom. The van der Waals surface area contributed by atoms with E-state index in [4.69, 9.17) is 4.74 Å². The minimum absolute atomic E-state index is 0. The first-order valence-corrected chi connectivity index (χ1v) is 12.5. The molecule has 3 aliphatic heterocycles. The van der Waals surface area contributed by atoms with Crippen LogP contribution < -0.4 is 10.2 Å². The number of aryl methyl sites for hydroxylation is 2. The molecule has 0 radical (unpaired) electrons. The number of anilines is 3. The molecule has 3 heterocycles. The number of hydrogen-bond acceptors (Lipinski definition) is 5. The Hall–Kier alpha value is -2.61. The predicted octanol–water partition coefficient (Wildman–Crippen LogP) is 4.61. The Balaban J connectivity index is 0.00000289. The van der Waals surface area contributed by atoms with Crippen molar-refractivity contribution in [1.82, 2.24) is 9.80 Å². The fourth-order valence-corrected chi connectivity index (χ4v) is 5.63. The first-order chi connectivity index (χ1) is 16.6. The maximum absolute atomic E-state index is 13.8. The largest absolute Gasteiger partial charge is 0.453 e. The van der Waals surface area contributed by atoms with Crippen LogP contribution in [0.5, 0.6) is 0 Å². The number of benzene rings is 2. The van der Waals surface area contributed by atoms with Crippen molar-refractivity contribution in [2.45, 2.75) is 44.6 Å². The molecule has 35 heavy (non-hydrogen) atoms. The standard InChI is InChI=1S/C27H34N4O3.ClH/c1-34-27(33)28-22-12-11-21-10-9-20-6-2-3-8-24(20)31(25(21)18-22)26(32)13-15-29-16-17-30-14-5-4-7-23(30)19-29;/h2-3,6,8,11-12,18,23H,4-5,7,9-10,13-17,19H2,1H3,(H,28,33);1H. The summed E-state index contributed by atoms with van der Waals surface area (Å²) < 4.78 is 4.76. The number of ether oxygens (including phenoxy) is 1. The number of carbonyl (C=O) groups excluding carboxylic acids is 2. The Bertz CT molecular complexity index is 1060. The third-order valence-corrected chi connectivity index (χ3v) is 7.47. The number of para-hydroxylation sites is 1. The number of amides is 2. The average molecular weight is 499 g/mol. The van der Waals surface area contributed by atoms with E-state index in [2.05, 4.69) is 21.2 Å². The van der Waals surface area contributed by atoms with Crippen LogP contribution in [0.2, 0.25) is 0 Å². The minimum atomic E-state index is -0.520. The third kappa shape index (κ3) is 5.63. The van der Waals surface area contributed by atoms with E-state index in [0.717, 1.165) is 56.0 Å². The summed E-state index contributed by atoms with van der Waals surface area (Å²) in [5.74, 6) is 0.0943. The number of methoxy groups -OCH3 is 1. The number of carbonyl (C=O) groups is 2. The van der Waals surface area contributed by atoms with Crippen molar-refractivity contribution in [2.24, 2.45) is 0 Å². The number of rotatable bonds is 4. The molecule has 2 aromatic carbocycles. The molecule has 3 aliphatic rings. The molecular formula is C27H35ClN4O3. The van der Waals surface area contributed by atoms with Gasteiger partial charge in [-0.15, -0.1) is 12.4 Å². The smallest absolute Gasteiger partial charge is 0.411 e. The molecule has 0 bridgehead atoms. The predicted molar refractivity (Wildman–Crippen MR) is 141 cm³/mol. The molecule has 0 aliphatic carbocycles. The first-order valence-electron chi connectivity index (χ1n) is 12.5. The fourth-order valence-electron chi connectivity index (χ4n) is 5.63. The van der Waals surface area contributed by atoms with Crippen LogP contribution in [0.4, 0.5) is 21.9 Å². The van der Waals surface area contributed by atoms with Crippen molar-refractivity contribution >= 4 is 41.5 Å². The molecule has 0 saturated carbocycles. The molecule has 7 nitrogen and oxygen atoms in total. The summed E-state index contributed by atoms with van der Waals surface area (Å²) in [6.07, 6.45) is 5.57. The Morgan fingerprint density at radius 3 is 2.63 bits per heavy atom. The Labute approximate surface area is 213 Å². The summed E-state index contributed by atoms with van der Waals surface area (Å²) in [6, 6.07) is 14.6. The lowest BCUT2D eigenvalue weighted by molar-refractivity contribution is -0.118. The molecule has 1 N–H and O–H groups in total. The van der Waals surface area contributed by atoms with Crippen LogP contribution in [0.15, 0.2) is 42.5 Å². The minimum Gasteiger partial charge on any atom is -0.453 e. The summed E-state index contributed by atoms with van der Waals surface area (Å²) in [6.45, 7) is 5.20. The summed E-state index contributed by atoms with van der Waals surface area (Å²) in [5, 5.41) is 2.74. The zero-order valence-corrected chi connectivity index (χ0v) is 21.2. The van der Waals surface area contributed by atoms with E-state index in [9.17, 15) is 9.59 Å². The van der Waals surface area contributed by atoms with Crippen LogP contribution in [-0.2, 0) is 22.4 Å². The van der Waals surface area contributed by atoms with E-state index in [1.165, 1.54) is 38.5 Å². The van der Waals surface area contributed by atoms with Crippen LogP contribution in [0.25, 0.3) is 0 Å². The van der Waals surface area contributed by atoms with Gasteiger partial charge in [0.05, 0.1) is 18.5 Å². The fraction of sp³-hybridized carbons (Fsp3) is 0.481. The van der Waals surface area contributed by atoms with E-state index in [1.807, 2.05) is 41.3 Å². The summed E-state index contributed by atoms with van der Waals surface area (Å²) in [4.78, 5) is 32.5. The summed E-state index contributed by atoms with van der Waals surface area (Å²) >= 11 is 0. The lowest BCUT2D eigenvalue weighted by Crippen LogP contribution is -2.55. The maximum atomic E-state index is 13.8. The van der Waals surface area contributed by atoms with Crippen molar-refractivity contribution in [2.75, 3.05) is 50.1 Å². The highest BCUT2D eigenvalue weighted by Gasteiger charge is 2.30. The average Bonchev–Trinajstić information content (AvgIpc) is 3.03. The van der Waals surface area contributed by atoms with Gasteiger partial charge in [0.2, 0.25) is 5.91 Å². The molecule has 2 amide bonds. The zero-order chi connectivity index (χ0) is 23.5. The summed E-state index contributed by atoms with van der Waals surface area (Å²) in [5.41, 5.74) is 4.69. The van der Waals surface area contributed by atoms with Gasteiger partial charge in [0, 0.05) is 44.3 Å². The molecule has 188 valence electrons. The summed E-state index contributed by atoms with van der Waals surface area (Å²) in [7, 11) is 1.35. The van der Waals surface area contributed by atoms with Gasteiger partial charge in [-0.05, 0) is 61.6 Å². The third-order valence-electron chi connectivity index (χ3n) is 7.47. The van der Waals surface area contributed by atoms with Crippen molar-refractivity contribution in [1.29, 1.82) is 0 Å². The maximum Gasteiger partial charge on any atom is 0.411 e. The van der Waals surface area contributed by atoms with Crippen LogP contribution in [0.3, 0.4) is 0 Å². The second kappa shape index (κ2) is 11.4. The highest BCUT2D eigenvalue weighted by atomic mass is 35.5. The van der Waals surface area contributed by atoms with Gasteiger partial charge in [-0.1, -0.05) is 30.7 Å². The second-order valence-electron chi connectivity index (χ2n) is 9.55. The molecule has 0 spiro atoms. The SMILES string of the molecule is COC(=O)Nc1ccc2c(c1)N(C(=O)CCN1CCN3CCCCC3C1)c1ccccc1CC2.Cl. The molecule has 2 saturated heterocycles. The lowest BCUT2D eigenvalue weighted by atomic mass is 9.99. The van der Waals surface area contributed by atoms with Gasteiger partial charge in [-0.3, -0.25) is 24.8 Å². The Morgan fingerprint density at radius 2 is 1.80 bits per heavy atom. The number of hydrogen-bond donors (Lipinski definition) is 1. The highest BCUT2D eigenvalue weighted by Crippen LogP contribution is 2.38. The van der Waals surface area contributed by atoms with E-state index < -0.39 is 6.09 Å². The van der Waals surface area contributed by atoms with E-state index in [0.29, 0.717) is 18.2 Å². The number of nitrogens with zero attached hydrogens (tertiary/aromatic N) is 3. The first kappa shape index (κ1) is 25.5. The number of nitrogens with one attached hydrogen (secondary N) is 1. The second-order valence-corrected chi connectivity index (χ2v) is 9.55. The van der Waals surface area contributed by atoms with E-state index >= 15 is 0 Å². The van der Waals surface area contributed by atoms with Crippen molar-refractivity contribution in [3.63, 3.8) is 0 Å². The molecule has 2 aromatic rings. The quantitative estimate of drug-likeness (QED) is 0.666. The number of piperidine rings is 1. The van der Waals surface area contributed by atoms with Gasteiger partial charge >= 0.3 is 6.09 Å². The van der Waals surface area contributed by atoms with Gasteiger partial charge in [0.15, 0.2) is 0 Å². The molecule has 5 rings (SSSR count). The number of fused-ring (bicyclic) bond motifs is 3. The van der Waals surface area contributed by atoms with Crippen molar-refractivity contribution in [3.8, 4) is 0 Å². The molecule has 0 aromatic heterocycles. The van der Waals surface area contributed by atoms with Gasteiger partial charge < -0.3 is 4.74 Å². The number of halogens is 1. The van der Waals surface area contributed by atoms with Gasteiger partial charge in [-0.25, -0.2) is 4.79 Å². The Kier molecular flexibility index (Phi) is 8.31. The van der Waals surface area contributed by atoms with Gasteiger partial charge in [-0.2, -0.15) is 0 Å². The highest BCUT2D eigenvalue weighted by molar-refractivity contribution is 6.03. The van der Waals surface area contributed by atoms with Gasteiger partial charge in [0.25, 0.3) is 0 Å². The van der Waals surface area contributed by atoms with E-state index in [1.54, 1.807) is 0 Å². The monoisotopic (exact) mass is 498 g/mol. The van der Waals surface area contributed by atoms with Crippen LogP contribution in [0, 0.1) is 0 Å². The van der Waals surface area contributed by atoms with Gasteiger partial charge in [0.1, 0.15) is 0 Å². The zero-order valence-electron chi connectivity index (χ0n) is 20.4. The molecule has 1 unspecified atom stereocenters. The molecule has 1 atom stereocenters. The normalized spacial score (nSPS) is 19.9.